The summed E-state index contributed by atoms with van der Waals surface area (Å²) in [6, 6.07) is 12.4. The smallest absolute Gasteiger partial charge is 0.328 e. The quantitative estimate of drug-likeness (QED) is 0.533. The Bertz CT molecular complexity index is 1270. The zero-order valence-electron chi connectivity index (χ0n) is 19.3. The number of hydrogen-bond acceptors (Lipinski definition) is 7. The van der Waals surface area contributed by atoms with Crippen molar-refractivity contribution in [3.8, 4) is 0 Å². The van der Waals surface area contributed by atoms with Crippen LogP contribution in [0.5, 0.6) is 0 Å². The largest absolute Gasteiger partial charge is 0.478 e. The number of nitrogens with zero attached hydrogens (tertiary/aromatic N) is 2. The molecule has 12 heteroatoms. The molecule has 10 nitrogen and oxygen atoms in total. The van der Waals surface area contributed by atoms with Crippen molar-refractivity contribution >= 4 is 45.2 Å². The number of ether oxygens (including phenoxy) is 1. The first-order chi connectivity index (χ1) is 17.0. The zero-order valence-corrected chi connectivity index (χ0v) is 20.9. The molecule has 1 amide bonds. The number of carboxylic acid groups (broad SMARTS) is 2. The van der Waals surface area contributed by atoms with Crippen molar-refractivity contribution in [2.24, 2.45) is 0 Å². The van der Waals surface area contributed by atoms with E-state index < -0.39 is 27.9 Å². The third kappa shape index (κ3) is 6.42. The van der Waals surface area contributed by atoms with E-state index in [1.165, 1.54) is 18.2 Å². The number of amides is 1. The van der Waals surface area contributed by atoms with E-state index in [0.29, 0.717) is 30.4 Å². The molecule has 1 saturated heterocycles. The van der Waals surface area contributed by atoms with E-state index >= 15 is 0 Å². The highest BCUT2D eigenvalue weighted by atomic mass is 35.5. The SMILES string of the molecule is CC(CN1C(=O)c2ccc(Cl)cc2S1(=O)=O)c1cccc(N2CCOCC2)c1.O=C(O)C=CC(=O)O. The van der Waals surface area contributed by atoms with Crippen molar-refractivity contribution in [3.05, 3.63) is 70.8 Å². The molecule has 2 aromatic carbocycles. The second-order valence-electron chi connectivity index (χ2n) is 8.09. The molecule has 2 N–H and O–H groups in total. The van der Waals surface area contributed by atoms with Gasteiger partial charge in [-0.15, -0.1) is 0 Å². The van der Waals surface area contributed by atoms with Gasteiger partial charge in [0, 0.05) is 42.5 Å². The first kappa shape index (κ1) is 27.2. The molecule has 4 rings (SSSR count). The molecule has 0 bridgehead atoms. The van der Waals surface area contributed by atoms with Gasteiger partial charge in [-0.05, 0) is 41.8 Å². The van der Waals surface area contributed by atoms with E-state index in [2.05, 4.69) is 11.0 Å². The molecule has 0 spiro atoms. The number of anilines is 1. The number of carboxylic acids is 2. The van der Waals surface area contributed by atoms with E-state index in [9.17, 15) is 22.8 Å². The van der Waals surface area contributed by atoms with Crippen molar-refractivity contribution < 1.29 is 37.8 Å². The van der Waals surface area contributed by atoms with Crippen LogP contribution in [0, 0.1) is 0 Å². The van der Waals surface area contributed by atoms with Crippen LogP contribution in [0.3, 0.4) is 0 Å². The highest BCUT2D eigenvalue weighted by molar-refractivity contribution is 7.90. The summed E-state index contributed by atoms with van der Waals surface area (Å²) in [6.07, 6.45) is 1.12. The predicted octanol–water partition coefficient (Wildman–Crippen LogP) is 2.84. The maximum absolute atomic E-state index is 12.9. The molecule has 1 unspecified atom stereocenters. The maximum atomic E-state index is 12.9. The van der Waals surface area contributed by atoms with E-state index in [-0.39, 0.29) is 22.9 Å². The van der Waals surface area contributed by atoms with Crippen LogP contribution in [-0.4, -0.2) is 73.6 Å². The number of morpholine rings is 1. The lowest BCUT2D eigenvalue weighted by atomic mass is 10.00. The minimum absolute atomic E-state index is 0.0146. The van der Waals surface area contributed by atoms with Gasteiger partial charge < -0.3 is 19.8 Å². The second kappa shape index (κ2) is 11.5. The van der Waals surface area contributed by atoms with Crippen LogP contribution >= 0.6 is 11.6 Å². The fraction of sp³-hybridized carbons (Fsp3) is 0.292. The van der Waals surface area contributed by atoms with Crippen LogP contribution in [0.2, 0.25) is 5.02 Å². The number of sulfonamides is 1. The molecule has 0 saturated carbocycles. The van der Waals surface area contributed by atoms with Gasteiger partial charge in [0.15, 0.2) is 0 Å². The number of halogens is 1. The average molecular weight is 537 g/mol. The Labute approximate surface area is 213 Å². The van der Waals surface area contributed by atoms with Gasteiger partial charge in [-0.2, -0.15) is 0 Å². The molecule has 0 aliphatic carbocycles. The molecule has 36 heavy (non-hydrogen) atoms. The molecule has 0 aromatic heterocycles. The maximum Gasteiger partial charge on any atom is 0.328 e. The molecule has 192 valence electrons. The summed E-state index contributed by atoms with van der Waals surface area (Å²) in [4.78, 5) is 34.0. The number of carbonyl (C=O) groups excluding carboxylic acids is 1. The Morgan fingerprint density at radius 3 is 2.33 bits per heavy atom. The Morgan fingerprint density at radius 2 is 1.72 bits per heavy atom. The monoisotopic (exact) mass is 536 g/mol. The lowest BCUT2D eigenvalue weighted by Gasteiger charge is -2.29. The number of hydrogen-bond donors (Lipinski definition) is 2. The normalized spacial score (nSPS) is 17.3. The number of carbonyl (C=O) groups is 3. The minimum atomic E-state index is -3.88. The summed E-state index contributed by atoms with van der Waals surface area (Å²) in [5.41, 5.74) is 2.25. The molecule has 2 aliphatic heterocycles. The first-order valence-corrected chi connectivity index (χ1v) is 12.8. The van der Waals surface area contributed by atoms with Gasteiger partial charge in [0.2, 0.25) is 0 Å². The number of benzene rings is 2. The lowest BCUT2D eigenvalue weighted by Crippen LogP contribution is -2.36. The van der Waals surface area contributed by atoms with Gasteiger partial charge >= 0.3 is 11.9 Å². The summed E-state index contributed by atoms with van der Waals surface area (Å²) in [6.45, 7) is 5.05. The second-order valence-corrected chi connectivity index (χ2v) is 10.4. The van der Waals surface area contributed by atoms with Crippen molar-refractivity contribution in [3.63, 3.8) is 0 Å². The lowest BCUT2D eigenvalue weighted by molar-refractivity contribution is -0.134. The first-order valence-electron chi connectivity index (χ1n) is 10.9. The Balaban J connectivity index is 0.000000392. The molecule has 1 atom stereocenters. The summed E-state index contributed by atoms with van der Waals surface area (Å²) < 4.78 is 32.1. The zero-order chi connectivity index (χ0) is 26.5. The standard InChI is InChI=1S/C20H21ClN2O4S.C4H4O4/c1-14(15-3-2-4-17(11-15)22-7-9-27-10-8-22)13-23-20(24)18-6-5-16(21)12-19(18)28(23,25)26;5-3(6)1-2-4(7)8/h2-6,11-12,14H,7-10,13H2,1H3;1-2H,(H,5,6)(H,7,8). The summed E-state index contributed by atoms with van der Waals surface area (Å²) in [5.74, 6) is -3.16. The highest BCUT2D eigenvalue weighted by Crippen LogP contribution is 2.34. The molecule has 1 fully saturated rings. The Hall–Kier alpha value is -3.41. The van der Waals surface area contributed by atoms with Crippen molar-refractivity contribution in [2.45, 2.75) is 17.7 Å². The minimum Gasteiger partial charge on any atom is -0.478 e. The summed E-state index contributed by atoms with van der Waals surface area (Å²) in [7, 11) is -3.88. The molecule has 0 radical (unpaired) electrons. The highest BCUT2D eigenvalue weighted by Gasteiger charge is 2.41. The van der Waals surface area contributed by atoms with Gasteiger partial charge in [-0.1, -0.05) is 30.7 Å². The number of rotatable bonds is 6. The van der Waals surface area contributed by atoms with E-state index in [1.807, 2.05) is 25.1 Å². The third-order valence-electron chi connectivity index (χ3n) is 5.59. The van der Waals surface area contributed by atoms with E-state index in [0.717, 1.165) is 28.6 Å². The Kier molecular flexibility index (Phi) is 8.72. The molecule has 2 aliphatic rings. The average Bonchev–Trinajstić information content (AvgIpc) is 3.03. The van der Waals surface area contributed by atoms with Gasteiger partial charge in [-0.25, -0.2) is 22.3 Å². The van der Waals surface area contributed by atoms with Crippen LogP contribution in [0.4, 0.5) is 5.69 Å². The fourth-order valence-corrected chi connectivity index (χ4v) is 5.70. The van der Waals surface area contributed by atoms with Crippen LogP contribution in [0.15, 0.2) is 59.5 Å². The molecular weight excluding hydrogens is 512 g/mol. The van der Waals surface area contributed by atoms with Crippen LogP contribution in [0.25, 0.3) is 0 Å². The summed E-state index contributed by atoms with van der Waals surface area (Å²) >= 11 is 5.93. The van der Waals surface area contributed by atoms with Crippen LogP contribution < -0.4 is 4.90 Å². The van der Waals surface area contributed by atoms with E-state index in [1.54, 1.807) is 0 Å². The van der Waals surface area contributed by atoms with Gasteiger partial charge in [-0.3, -0.25) is 4.79 Å². The Morgan fingerprint density at radius 1 is 1.08 bits per heavy atom. The third-order valence-corrected chi connectivity index (χ3v) is 7.62. The number of aliphatic carboxylic acids is 2. The van der Waals surface area contributed by atoms with Gasteiger partial charge in [0.25, 0.3) is 15.9 Å². The number of fused-ring (bicyclic) bond motifs is 1. The van der Waals surface area contributed by atoms with Gasteiger partial charge in [0.05, 0.1) is 18.8 Å². The fourth-order valence-electron chi connectivity index (χ4n) is 3.78. The molecular formula is C24H25ClN2O8S. The van der Waals surface area contributed by atoms with Crippen molar-refractivity contribution in [1.82, 2.24) is 4.31 Å². The predicted molar refractivity (Wildman–Crippen MR) is 132 cm³/mol. The summed E-state index contributed by atoms with van der Waals surface area (Å²) in [5, 5.41) is 15.9. The van der Waals surface area contributed by atoms with E-state index in [4.69, 9.17) is 26.6 Å². The van der Waals surface area contributed by atoms with Crippen molar-refractivity contribution in [1.29, 1.82) is 0 Å². The van der Waals surface area contributed by atoms with Gasteiger partial charge in [0.1, 0.15) is 4.90 Å². The molecule has 2 heterocycles. The topological polar surface area (TPSA) is 142 Å². The van der Waals surface area contributed by atoms with Crippen molar-refractivity contribution in [2.75, 3.05) is 37.7 Å². The van der Waals surface area contributed by atoms with Crippen LogP contribution in [0.1, 0.15) is 28.8 Å². The molecule has 2 aromatic rings. The van der Waals surface area contributed by atoms with Crippen LogP contribution in [-0.2, 0) is 24.3 Å².